The summed E-state index contributed by atoms with van der Waals surface area (Å²) in [6, 6.07) is 0. The molecule has 104 valence electrons. The van der Waals surface area contributed by atoms with Crippen molar-refractivity contribution in [3.05, 3.63) is 0 Å². The standard InChI is InChI=1S/C4H11N5.C4H6O5/c1-9(2)4(7)8-3(5)6;5-2(4(8)9)1-3(6)7/h1-2H3,(H5,5,6,7,8);2,5H,1H2,(H,6,7)(H,8,9)/p-2. The Morgan fingerprint density at radius 3 is 1.94 bits per heavy atom. The van der Waals surface area contributed by atoms with Crippen molar-refractivity contribution >= 4 is 23.9 Å². The van der Waals surface area contributed by atoms with Crippen LogP contribution in [-0.4, -0.2) is 54.1 Å². The smallest absolute Gasteiger partial charge is 0.220 e. The van der Waals surface area contributed by atoms with Crippen molar-refractivity contribution in [3.8, 4) is 0 Å². The number of carbonyl (C=O) groups excluding carboxylic acids is 2. The van der Waals surface area contributed by atoms with Gasteiger partial charge in [0.05, 0.1) is 12.1 Å². The van der Waals surface area contributed by atoms with Gasteiger partial charge in [-0.1, -0.05) is 0 Å². The molecule has 0 amide bonds. The molecule has 6 N–H and O–H groups in total. The van der Waals surface area contributed by atoms with Gasteiger partial charge in [-0.05, 0) is 0 Å². The molecule has 0 heterocycles. The van der Waals surface area contributed by atoms with E-state index in [0.29, 0.717) is 0 Å². The highest BCUT2D eigenvalue weighted by Crippen LogP contribution is 1.85. The lowest BCUT2D eigenvalue weighted by atomic mass is 10.3. The molecule has 1 unspecified atom stereocenters. The predicted molar refractivity (Wildman–Crippen MR) is 57.9 cm³/mol. The molecule has 0 aliphatic rings. The van der Waals surface area contributed by atoms with E-state index in [-0.39, 0.29) is 11.9 Å². The molecular weight excluding hydrogens is 246 g/mol. The fourth-order valence-electron chi connectivity index (χ4n) is 0.463. The summed E-state index contributed by atoms with van der Waals surface area (Å²) in [5, 5.41) is 34.4. The van der Waals surface area contributed by atoms with Gasteiger partial charge in [0.15, 0.2) is 5.96 Å². The minimum atomic E-state index is -1.96. The number of hydrogen-bond donors (Lipinski definition) is 4. The van der Waals surface area contributed by atoms with Crippen LogP contribution in [0.5, 0.6) is 0 Å². The third-order valence-electron chi connectivity index (χ3n) is 1.29. The molecule has 18 heavy (non-hydrogen) atoms. The zero-order valence-corrected chi connectivity index (χ0v) is 9.91. The Bertz CT molecular complexity index is 337. The molecule has 0 radical (unpaired) electrons. The molecule has 0 bridgehead atoms. The van der Waals surface area contributed by atoms with E-state index in [1.165, 1.54) is 4.90 Å². The van der Waals surface area contributed by atoms with Crippen LogP contribution in [-0.2, 0) is 9.59 Å². The van der Waals surface area contributed by atoms with Crippen LogP contribution in [0.4, 0.5) is 0 Å². The topological polar surface area (TPSA) is 192 Å². The third kappa shape index (κ3) is 11.7. The Labute approximate surface area is 103 Å². The number of aliphatic imine (C=N–C) groups is 1. The zero-order valence-electron chi connectivity index (χ0n) is 9.91. The van der Waals surface area contributed by atoms with Gasteiger partial charge in [-0.15, -0.1) is 0 Å². The molecule has 0 aliphatic carbocycles. The molecule has 0 aliphatic heterocycles. The lowest BCUT2D eigenvalue weighted by Crippen LogP contribution is -2.39. The second-order valence-corrected chi connectivity index (χ2v) is 3.17. The Kier molecular flexibility index (Phi) is 8.76. The molecule has 0 fully saturated rings. The maximum Gasteiger partial charge on any atom is 0.220 e. The van der Waals surface area contributed by atoms with Crippen molar-refractivity contribution in [3.63, 3.8) is 0 Å². The Morgan fingerprint density at radius 1 is 1.39 bits per heavy atom. The summed E-state index contributed by atoms with van der Waals surface area (Å²) in [6.45, 7) is 0. The molecule has 0 aromatic carbocycles. The van der Waals surface area contributed by atoms with Crippen molar-refractivity contribution < 1.29 is 24.9 Å². The average Bonchev–Trinajstić information content (AvgIpc) is 2.16. The maximum atomic E-state index is 9.58. The molecule has 0 rings (SSSR count). The molecule has 1 atom stereocenters. The van der Waals surface area contributed by atoms with Crippen LogP contribution in [0.25, 0.3) is 0 Å². The van der Waals surface area contributed by atoms with Crippen LogP contribution in [0.2, 0.25) is 0 Å². The molecule has 0 aromatic heterocycles. The number of rotatable bonds is 3. The summed E-state index contributed by atoms with van der Waals surface area (Å²) in [7, 11) is 3.38. The lowest BCUT2D eigenvalue weighted by molar-refractivity contribution is -0.323. The van der Waals surface area contributed by atoms with Gasteiger partial charge in [-0.2, -0.15) is 4.99 Å². The van der Waals surface area contributed by atoms with Crippen LogP contribution >= 0.6 is 0 Å². The number of aliphatic carboxylic acids is 2. The third-order valence-corrected chi connectivity index (χ3v) is 1.29. The molecular formula is C8H15N5O5-2. The number of guanidine groups is 2. The highest BCUT2D eigenvalue weighted by Gasteiger charge is 2.03. The predicted octanol–water partition coefficient (Wildman–Crippen LogP) is -5.01. The molecule has 0 saturated carbocycles. The van der Waals surface area contributed by atoms with Crippen LogP contribution in [0.15, 0.2) is 4.99 Å². The molecule has 10 heteroatoms. The van der Waals surface area contributed by atoms with Crippen molar-refractivity contribution in [2.24, 2.45) is 16.5 Å². The van der Waals surface area contributed by atoms with Gasteiger partial charge in [-0.25, -0.2) is 0 Å². The first-order valence-corrected chi connectivity index (χ1v) is 4.52. The van der Waals surface area contributed by atoms with Crippen molar-refractivity contribution in [1.82, 2.24) is 4.90 Å². The second-order valence-electron chi connectivity index (χ2n) is 3.17. The summed E-state index contributed by atoms with van der Waals surface area (Å²) in [5.41, 5.74) is 9.98. The van der Waals surface area contributed by atoms with Gasteiger partial charge in [0.1, 0.15) is 0 Å². The first kappa shape index (κ1) is 18.0. The van der Waals surface area contributed by atoms with Crippen molar-refractivity contribution in [1.29, 1.82) is 5.41 Å². The average molecular weight is 261 g/mol. The highest BCUT2D eigenvalue weighted by molar-refractivity contribution is 5.91. The van der Waals surface area contributed by atoms with Gasteiger partial charge in [-0.3, -0.25) is 5.41 Å². The van der Waals surface area contributed by atoms with E-state index in [1.54, 1.807) is 14.1 Å². The van der Waals surface area contributed by atoms with Gasteiger partial charge in [0.25, 0.3) is 0 Å². The van der Waals surface area contributed by atoms with E-state index in [1.807, 2.05) is 0 Å². The molecule has 0 saturated heterocycles. The van der Waals surface area contributed by atoms with Gasteiger partial charge < -0.3 is 41.3 Å². The summed E-state index contributed by atoms with van der Waals surface area (Å²) < 4.78 is 0. The van der Waals surface area contributed by atoms with Gasteiger partial charge >= 0.3 is 0 Å². The number of carboxylic acid groups (broad SMARTS) is 2. The fraction of sp³-hybridized carbons (Fsp3) is 0.500. The molecule has 0 spiro atoms. The highest BCUT2D eigenvalue weighted by atomic mass is 16.4. The number of nitrogens with one attached hydrogen (secondary N) is 1. The number of hydrogen-bond acceptors (Lipinski definition) is 6. The summed E-state index contributed by atoms with van der Waals surface area (Å²) in [4.78, 5) is 24.1. The van der Waals surface area contributed by atoms with E-state index >= 15 is 0 Å². The van der Waals surface area contributed by atoms with E-state index in [2.05, 4.69) is 4.99 Å². The van der Waals surface area contributed by atoms with Gasteiger partial charge in [0, 0.05) is 26.5 Å². The number of aliphatic hydroxyl groups excluding tert-OH is 1. The number of carboxylic acids is 2. The van der Waals surface area contributed by atoms with E-state index < -0.39 is 24.5 Å². The largest absolute Gasteiger partial charge is 0.550 e. The Morgan fingerprint density at radius 2 is 1.83 bits per heavy atom. The SMILES string of the molecule is CN(C)C(=N)N=C(N)N.O=C([O-])CC(O)C(=O)[O-]. The van der Waals surface area contributed by atoms with E-state index in [9.17, 15) is 19.8 Å². The summed E-state index contributed by atoms with van der Waals surface area (Å²) >= 11 is 0. The number of aliphatic hydroxyl groups is 1. The second kappa shape index (κ2) is 8.75. The van der Waals surface area contributed by atoms with Gasteiger partial charge in [0.2, 0.25) is 5.96 Å². The fourth-order valence-corrected chi connectivity index (χ4v) is 0.463. The van der Waals surface area contributed by atoms with Crippen LogP contribution in [0, 0.1) is 5.41 Å². The van der Waals surface area contributed by atoms with Crippen LogP contribution in [0.1, 0.15) is 6.42 Å². The van der Waals surface area contributed by atoms with Crippen LogP contribution in [0.3, 0.4) is 0 Å². The van der Waals surface area contributed by atoms with Crippen molar-refractivity contribution in [2.45, 2.75) is 12.5 Å². The summed E-state index contributed by atoms with van der Waals surface area (Å²) in [6.07, 6.45) is -2.89. The molecule has 0 aromatic rings. The maximum absolute atomic E-state index is 9.58. The van der Waals surface area contributed by atoms with Crippen LogP contribution < -0.4 is 21.7 Å². The quantitative estimate of drug-likeness (QED) is 0.286. The Hall–Kier alpha value is -2.36. The molecule has 10 nitrogen and oxygen atoms in total. The number of carbonyl (C=O) groups is 2. The zero-order chi connectivity index (χ0) is 14.9. The number of nitrogens with zero attached hydrogens (tertiary/aromatic N) is 2. The summed E-state index contributed by atoms with van der Waals surface area (Å²) in [5.74, 6) is -3.46. The first-order chi connectivity index (χ1) is 8.07. The Balaban J connectivity index is 0. The normalized spacial score (nSPS) is 10.4. The first-order valence-electron chi connectivity index (χ1n) is 4.52. The lowest BCUT2D eigenvalue weighted by Gasteiger charge is -2.10. The van der Waals surface area contributed by atoms with E-state index in [0.717, 1.165) is 0 Å². The van der Waals surface area contributed by atoms with Crippen molar-refractivity contribution in [2.75, 3.05) is 14.1 Å². The monoisotopic (exact) mass is 261 g/mol. The minimum absolute atomic E-state index is 0.0509. The number of nitrogens with two attached hydrogens (primary N) is 2. The minimum Gasteiger partial charge on any atom is -0.550 e. The van der Waals surface area contributed by atoms with E-state index in [4.69, 9.17) is 22.0 Å².